The minimum atomic E-state index is -4.54. The normalized spacial score (nSPS) is 16.9. The number of rotatable bonds is 5. The van der Waals surface area contributed by atoms with E-state index in [0.717, 1.165) is 6.07 Å². The Bertz CT molecular complexity index is 870. The Balaban J connectivity index is 1.69. The number of hydrogen-bond donors (Lipinski definition) is 2. The van der Waals surface area contributed by atoms with Crippen molar-refractivity contribution in [2.24, 2.45) is 5.73 Å². The van der Waals surface area contributed by atoms with Crippen molar-refractivity contribution in [2.45, 2.75) is 12.3 Å². The molecule has 2 aromatic rings. The van der Waals surface area contributed by atoms with E-state index < -0.39 is 23.9 Å². The minimum absolute atomic E-state index is 0.106. The van der Waals surface area contributed by atoms with E-state index in [2.05, 4.69) is 0 Å². The van der Waals surface area contributed by atoms with Gasteiger partial charge in [-0.05, 0) is 24.3 Å². The first-order valence-corrected chi connectivity index (χ1v) is 7.97. The Labute approximate surface area is 152 Å². The molecule has 6 nitrogen and oxygen atoms in total. The SMILES string of the molecule is N=C(N)c1cccc(N2CC(COc3ccccc3C(F)(F)F)OC2=O)c1. The lowest BCUT2D eigenvalue weighted by molar-refractivity contribution is -0.139. The average Bonchev–Trinajstić information content (AvgIpc) is 3.00. The van der Waals surface area contributed by atoms with Gasteiger partial charge in [0.15, 0.2) is 6.10 Å². The lowest BCUT2D eigenvalue weighted by Gasteiger charge is -2.16. The molecule has 0 radical (unpaired) electrons. The lowest BCUT2D eigenvalue weighted by atomic mass is 10.1. The maximum absolute atomic E-state index is 13.0. The highest BCUT2D eigenvalue weighted by Gasteiger charge is 2.36. The summed E-state index contributed by atoms with van der Waals surface area (Å²) in [5.41, 5.74) is 5.47. The quantitative estimate of drug-likeness (QED) is 0.616. The number of ether oxygens (including phenoxy) is 2. The summed E-state index contributed by atoms with van der Waals surface area (Å²) < 4.78 is 49.4. The van der Waals surface area contributed by atoms with E-state index in [4.69, 9.17) is 20.6 Å². The van der Waals surface area contributed by atoms with Gasteiger partial charge in [-0.1, -0.05) is 24.3 Å². The van der Waals surface area contributed by atoms with Crippen LogP contribution in [0.3, 0.4) is 0 Å². The van der Waals surface area contributed by atoms with Crippen molar-refractivity contribution in [3.63, 3.8) is 0 Å². The smallest absolute Gasteiger partial charge is 0.419 e. The Hall–Kier alpha value is -3.23. The summed E-state index contributed by atoms with van der Waals surface area (Å²) in [6.45, 7) is -0.115. The topological polar surface area (TPSA) is 88.6 Å². The maximum Gasteiger partial charge on any atom is 0.419 e. The molecule has 1 aliphatic heterocycles. The van der Waals surface area contributed by atoms with E-state index in [1.807, 2.05) is 0 Å². The van der Waals surface area contributed by atoms with Crippen LogP contribution in [0, 0.1) is 5.41 Å². The van der Waals surface area contributed by atoms with Crippen LogP contribution in [0.15, 0.2) is 48.5 Å². The molecule has 0 bridgehead atoms. The van der Waals surface area contributed by atoms with Gasteiger partial charge in [0.1, 0.15) is 18.2 Å². The van der Waals surface area contributed by atoms with Gasteiger partial charge >= 0.3 is 12.3 Å². The number of carbonyl (C=O) groups excluding carboxylic acids is 1. The zero-order valence-electron chi connectivity index (χ0n) is 14.0. The van der Waals surface area contributed by atoms with Gasteiger partial charge in [0, 0.05) is 11.3 Å². The van der Waals surface area contributed by atoms with E-state index in [-0.39, 0.29) is 24.7 Å². The molecule has 1 heterocycles. The second kappa shape index (κ2) is 7.18. The largest absolute Gasteiger partial charge is 0.489 e. The summed E-state index contributed by atoms with van der Waals surface area (Å²) in [5, 5.41) is 7.46. The van der Waals surface area contributed by atoms with Gasteiger partial charge in [-0.3, -0.25) is 10.3 Å². The van der Waals surface area contributed by atoms with Crippen LogP contribution in [0.25, 0.3) is 0 Å². The highest BCUT2D eigenvalue weighted by Crippen LogP contribution is 2.36. The van der Waals surface area contributed by atoms with Crippen molar-refractivity contribution in [2.75, 3.05) is 18.1 Å². The van der Waals surface area contributed by atoms with E-state index in [1.54, 1.807) is 24.3 Å². The van der Waals surface area contributed by atoms with Gasteiger partial charge in [0.25, 0.3) is 0 Å². The van der Waals surface area contributed by atoms with Crippen LogP contribution < -0.4 is 15.4 Å². The zero-order valence-corrected chi connectivity index (χ0v) is 14.0. The molecule has 0 aromatic heterocycles. The standard InChI is InChI=1S/C18H16F3N3O3/c19-18(20,21)14-6-1-2-7-15(14)26-10-13-9-24(17(25)27-13)12-5-3-4-11(8-12)16(22)23/h1-8,13H,9-10H2,(H3,22,23). The second-order valence-corrected chi connectivity index (χ2v) is 5.89. The molecule has 3 N–H and O–H groups in total. The molecule has 1 saturated heterocycles. The van der Waals surface area contributed by atoms with E-state index in [0.29, 0.717) is 11.3 Å². The number of halogens is 3. The number of alkyl halides is 3. The molecule has 1 unspecified atom stereocenters. The molecule has 3 rings (SSSR count). The number of carbonyl (C=O) groups is 1. The number of nitrogens with one attached hydrogen (secondary N) is 1. The van der Waals surface area contributed by atoms with E-state index in [1.165, 1.54) is 23.1 Å². The van der Waals surface area contributed by atoms with Crippen molar-refractivity contribution in [1.29, 1.82) is 5.41 Å². The third-order valence-corrected chi connectivity index (χ3v) is 3.96. The molecule has 1 amide bonds. The molecule has 0 aliphatic carbocycles. The molecule has 1 atom stereocenters. The number of para-hydroxylation sites is 1. The minimum Gasteiger partial charge on any atom is -0.489 e. The molecular weight excluding hydrogens is 363 g/mol. The highest BCUT2D eigenvalue weighted by atomic mass is 19.4. The van der Waals surface area contributed by atoms with Gasteiger partial charge in [-0.15, -0.1) is 0 Å². The summed E-state index contributed by atoms with van der Waals surface area (Å²) in [6, 6.07) is 11.3. The third kappa shape index (κ3) is 4.13. The number of benzene rings is 2. The molecule has 1 aliphatic rings. The number of amides is 1. The van der Waals surface area contributed by atoms with Crippen molar-refractivity contribution in [3.05, 3.63) is 59.7 Å². The monoisotopic (exact) mass is 379 g/mol. The number of cyclic esters (lactones) is 1. The lowest BCUT2D eigenvalue weighted by Crippen LogP contribution is -2.27. The fourth-order valence-corrected chi connectivity index (χ4v) is 2.67. The van der Waals surface area contributed by atoms with E-state index in [9.17, 15) is 18.0 Å². The molecule has 27 heavy (non-hydrogen) atoms. The van der Waals surface area contributed by atoms with Crippen LogP contribution in [0.4, 0.5) is 23.7 Å². The Morgan fingerprint density at radius 2 is 2.00 bits per heavy atom. The summed E-state index contributed by atoms with van der Waals surface area (Å²) >= 11 is 0. The number of hydrogen-bond acceptors (Lipinski definition) is 4. The van der Waals surface area contributed by atoms with Gasteiger partial charge in [0.05, 0.1) is 12.1 Å². The highest BCUT2D eigenvalue weighted by molar-refractivity contribution is 5.97. The summed E-state index contributed by atoms with van der Waals surface area (Å²) in [4.78, 5) is 13.4. The van der Waals surface area contributed by atoms with Gasteiger partial charge < -0.3 is 15.2 Å². The Kier molecular flexibility index (Phi) is 4.93. The van der Waals surface area contributed by atoms with Crippen molar-refractivity contribution >= 4 is 17.6 Å². The second-order valence-electron chi connectivity index (χ2n) is 5.89. The molecular formula is C18H16F3N3O3. The molecule has 0 spiro atoms. The number of nitrogens with two attached hydrogens (primary N) is 1. The first kappa shape index (κ1) is 18.6. The molecule has 142 valence electrons. The fourth-order valence-electron chi connectivity index (χ4n) is 2.67. The molecule has 2 aromatic carbocycles. The van der Waals surface area contributed by atoms with Crippen LogP contribution >= 0.6 is 0 Å². The van der Waals surface area contributed by atoms with Crippen molar-refractivity contribution in [3.8, 4) is 5.75 Å². The van der Waals surface area contributed by atoms with E-state index >= 15 is 0 Å². The number of nitrogen functional groups attached to an aromatic ring is 1. The van der Waals surface area contributed by atoms with Gasteiger partial charge in [-0.2, -0.15) is 13.2 Å². The summed E-state index contributed by atoms with van der Waals surface area (Å²) in [6.07, 6.45) is -5.92. The first-order chi connectivity index (χ1) is 12.8. The maximum atomic E-state index is 13.0. The first-order valence-electron chi connectivity index (χ1n) is 7.97. The Morgan fingerprint density at radius 3 is 2.70 bits per heavy atom. The predicted octanol–water partition coefficient (Wildman–Crippen LogP) is 3.39. The number of anilines is 1. The van der Waals surface area contributed by atoms with Crippen LogP contribution in [0.1, 0.15) is 11.1 Å². The average molecular weight is 379 g/mol. The van der Waals surface area contributed by atoms with Gasteiger partial charge in [-0.25, -0.2) is 4.79 Å². The fraction of sp³-hybridized carbons (Fsp3) is 0.222. The number of amidine groups is 1. The summed E-state index contributed by atoms with van der Waals surface area (Å²) in [5.74, 6) is -0.467. The van der Waals surface area contributed by atoms with Crippen LogP contribution in [0.5, 0.6) is 5.75 Å². The Morgan fingerprint density at radius 1 is 1.26 bits per heavy atom. The predicted molar refractivity (Wildman–Crippen MR) is 92.0 cm³/mol. The van der Waals surface area contributed by atoms with Crippen molar-refractivity contribution < 1.29 is 27.4 Å². The number of nitrogens with zero attached hydrogens (tertiary/aromatic N) is 1. The molecule has 0 saturated carbocycles. The third-order valence-electron chi connectivity index (χ3n) is 3.96. The summed E-state index contributed by atoms with van der Waals surface area (Å²) in [7, 11) is 0. The molecule has 1 fully saturated rings. The van der Waals surface area contributed by atoms with Crippen LogP contribution in [-0.4, -0.2) is 31.2 Å². The molecule has 9 heteroatoms. The van der Waals surface area contributed by atoms with Crippen molar-refractivity contribution in [1.82, 2.24) is 0 Å². The van der Waals surface area contributed by atoms with Crippen LogP contribution in [0.2, 0.25) is 0 Å². The van der Waals surface area contributed by atoms with Gasteiger partial charge in [0.2, 0.25) is 0 Å². The van der Waals surface area contributed by atoms with Crippen LogP contribution in [-0.2, 0) is 10.9 Å². The zero-order chi connectivity index (χ0) is 19.6.